The second-order valence-corrected chi connectivity index (χ2v) is 4.80. The molecule has 0 aliphatic carbocycles. The van der Waals surface area contributed by atoms with Gasteiger partial charge >= 0.3 is 0 Å². The van der Waals surface area contributed by atoms with Crippen molar-refractivity contribution in [2.75, 3.05) is 5.32 Å². The molecule has 0 atom stereocenters. The molecular formula is C14H11FN2O2S. The zero-order chi connectivity index (χ0) is 14.5. The van der Waals surface area contributed by atoms with Crippen molar-refractivity contribution in [3.05, 3.63) is 52.8 Å². The van der Waals surface area contributed by atoms with Gasteiger partial charge in [-0.1, -0.05) is 18.2 Å². The molecule has 0 saturated carbocycles. The summed E-state index contributed by atoms with van der Waals surface area (Å²) in [5, 5.41) is 4.41. The predicted octanol–water partition coefficient (Wildman–Crippen LogP) is 3.14. The maximum atomic E-state index is 13.3. The molecule has 1 aromatic carbocycles. The number of carbonyl (C=O) groups is 2. The highest BCUT2D eigenvalue weighted by atomic mass is 32.1. The monoisotopic (exact) mass is 290 g/mol. The Bertz CT molecular complexity index is 679. The van der Waals surface area contributed by atoms with Crippen LogP contribution in [0.3, 0.4) is 0 Å². The minimum Gasteiger partial charge on any atom is -0.298 e. The van der Waals surface area contributed by atoms with E-state index in [1.165, 1.54) is 25.1 Å². The van der Waals surface area contributed by atoms with Crippen molar-refractivity contribution < 1.29 is 14.0 Å². The number of nitrogens with one attached hydrogen (secondary N) is 1. The first-order chi connectivity index (χ1) is 9.56. The van der Waals surface area contributed by atoms with E-state index in [1.54, 1.807) is 23.6 Å². The summed E-state index contributed by atoms with van der Waals surface area (Å²) in [6.07, 6.45) is 2.59. The number of benzene rings is 1. The average molecular weight is 290 g/mol. The van der Waals surface area contributed by atoms with Crippen LogP contribution in [-0.4, -0.2) is 16.7 Å². The van der Waals surface area contributed by atoms with Crippen molar-refractivity contribution in [1.29, 1.82) is 0 Å². The first kappa shape index (κ1) is 14.1. The minimum atomic E-state index is -0.433. The van der Waals surface area contributed by atoms with Crippen molar-refractivity contribution >= 4 is 34.2 Å². The molecule has 20 heavy (non-hydrogen) atoms. The molecule has 0 radical (unpaired) electrons. The Morgan fingerprint density at radius 1 is 1.35 bits per heavy atom. The first-order valence-corrected chi connectivity index (χ1v) is 6.64. The van der Waals surface area contributed by atoms with Crippen LogP contribution in [0.5, 0.6) is 0 Å². The smallest absolute Gasteiger partial charge is 0.250 e. The van der Waals surface area contributed by atoms with Crippen LogP contribution < -0.4 is 5.32 Å². The normalized spacial score (nSPS) is 10.7. The molecule has 102 valence electrons. The van der Waals surface area contributed by atoms with Gasteiger partial charge in [0, 0.05) is 23.9 Å². The Kier molecular flexibility index (Phi) is 4.37. The number of nitrogens with zero attached hydrogens (tertiary/aromatic N) is 1. The van der Waals surface area contributed by atoms with Crippen LogP contribution in [0.2, 0.25) is 0 Å². The summed E-state index contributed by atoms with van der Waals surface area (Å²) in [6, 6.07) is 6.14. The van der Waals surface area contributed by atoms with Crippen LogP contribution in [0.15, 0.2) is 35.7 Å². The Morgan fingerprint density at radius 3 is 2.75 bits per heavy atom. The highest BCUT2D eigenvalue weighted by Gasteiger charge is 2.07. The third-order valence-electron chi connectivity index (χ3n) is 2.41. The lowest BCUT2D eigenvalue weighted by Crippen LogP contribution is -2.07. The molecule has 1 aromatic heterocycles. The number of anilines is 1. The van der Waals surface area contributed by atoms with Crippen molar-refractivity contribution in [1.82, 2.24) is 4.98 Å². The average Bonchev–Trinajstić information content (AvgIpc) is 2.86. The van der Waals surface area contributed by atoms with Gasteiger partial charge in [-0.05, 0) is 12.1 Å². The summed E-state index contributed by atoms with van der Waals surface area (Å²) in [5.41, 5.74) is 0.634. The summed E-state index contributed by atoms with van der Waals surface area (Å²) in [4.78, 5) is 26.7. The Labute approximate surface area is 119 Å². The summed E-state index contributed by atoms with van der Waals surface area (Å²) in [7, 11) is 0. The molecule has 6 heteroatoms. The molecular weight excluding hydrogens is 279 g/mol. The van der Waals surface area contributed by atoms with Crippen LogP contribution in [-0.2, 0) is 4.79 Å². The van der Waals surface area contributed by atoms with Gasteiger partial charge in [0.1, 0.15) is 11.5 Å². The molecule has 0 unspecified atom stereocenters. The van der Waals surface area contributed by atoms with Gasteiger partial charge in [-0.15, -0.1) is 11.3 Å². The lowest BCUT2D eigenvalue weighted by atomic mass is 10.2. The van der Waals surface area contributed by atoms with E-state index in [-0.39, 0.29) is 5.78 Å². The number of aromatic nitrogens is 1. The molecule has 0 aliphatic heterocycles. The van der Waals surface area contributed by atoms with Crippen LogP contribution >= 0.6 is 11.3 Å². The van der Waals surface area contributed by atoms with Gasteiger partial charge in [-0.25, -0.2) is 9.37 Å². The summed E-state index contributed by atoms with van der Waals surface area (Å²) in [6.45, 7) is 1.40. The van der Waals surface area contributed by atoms with Gasteiger partial charge in [0.05, 0.1) is 0 Å². The number of Topliss-reactive ketones (excluding diaryl/α,β-unsaturated/α-hetero) is 1. The van der Waals surface area contributed by atoms with Crippen LogP contribution in [0.4, 0.5) is 9.52 Å². The lowest BCUT2D eigenvalue weighted by molar-refractivity contribution is -0.111. The van der Waals surface area contributed by atoms with Gasteiger partial charge in [-0.2, -0.15) is 0 Å². The third kappa shape index (κ3) is 3.58. The summed E-state index contributed by atoms with van der Waals surface area (Å²) >= 11 is 1.16. The number of thiazole rings is 1. The molecule has 0 bridgehead atoms. The molecule has 4 nitrogen and oxygen atoms in total. The van der Waals surface area contributed by atoms with Crippen LogP contribution in [0.25, 0.3) is 6.08 Å². The molecule has 1 heterocycles. The second-order valence-electron chi connectivity index (χ2n) is 3.94. The molecule has 2 aromatic rings. The molecule has 0 aliphatic rings. The van der Waals surface area contributed by atoms with Crippen molar-refractivity contribution in [3.8, 4) is 0 Å². The van der Waals surface area contributed by atoms with Gasteiger partial charge in [-0.3, -0.25) is 14.9 Å². The Hall–Kier alpha value is -2.34. The predicted molar refractivity (Wildman–Crippen MR) is 76.2 cm³/mol. The number of amides is 1. The highest BCUT2D eigenvalue weighted by Crippen LogP contribution is 2.16. The van der Waals surface area contributed by atoms with E-state index in [0.717, 1.165) is 11.3 Å². The fourth-order valence-corrected chi connectivity index (χ4v) is 2.17. The van der Waals surface area contributed by atoms with Gasteiger partial charge in [0.25, 0.3) is 0 Å². The van der Waals surface area contributed by atoms with Gasteiger partial charge in [0.15, 0.2) is 10.9 Å². The van der Waals surface area contributed by atoms with E-state index in [0.29, 0.717) is 16.4 Å². The van der Waals surface area contributed by atoms with Crippen molar-refractivity contribution in [3.63, 3.8) is 0 Å². The SMILES string of the molecule is CC(=O)c1csc(NC(=O)/C=C/c2ccccc2F)n1. The first-order valence-electron chi connectivity index (χ1n) is 5.76. The number of carbonyl (C=O) groups excluding carboxylic acids is 2. The maximum Gasteiger partial charge on any atom is 0.250 e. The van der Waals surface area contributed by atoms with E-state index in [4.69, 9.17) is 0 Å². The molecule has 0 fully saturated rings. The molecule has 1 amide bonds. The maximum absolute atomic E-state index is 13.3. The van der Waals surface area contributed by atoms with Crippen molar-refractivity contribution in [2.45, 2.75) is 6.92 Å². The number of hydrogen-bond donors (Lipinski definition) is 1. The topological polar surface area (TPSA) is 59.1 Å². The molecule has 0 spiro atoms. The van der Waals surface area contributed by atoms with E-state index in [1.807, 2.05) is 0 Å². The van der Waals surface area contributed by atoms with Gasteiger partial charge in [0.2, 0.25) is 5.91 Å². The molecule has 2 rings (SSSR count). The number of ketones is 1. The fourth-order valence-electron chi connectivity index (χ4n) is 1.42. The number of rotatable bonds is 4. The fraction of sp³-hybridized carbons (Fsp3) is 0.0714. The van der Waals surface area contributed by atoms with Crippen LogP contribution in [0, 0.1) is 5.82 Å². The Balaban J connectivity index is 2.02. The highest BCUT2D eigenvalue weighted by molar-refractivity contribution is 7.14. The zero-order valence-electron chi connectivity index (χ0n) is 10.6. The lowest BCUT2D eigenvalue weighted by Gasteiger charge is -1.97. The summed E-state index contributed by atoms with van der Waals surface area (Å²) in [5.74, 6) is -0.994. The molecule has 0 saturated heterocycles. The van der Waals surface area contributed by atoms with E-state index in [9.17, 15) is 14.0 Å². The minimum absolute atomic E-state index is 0.163. The Morgan fingerprint density at radius 2 is 2.10 bits per heavy atom. The van der Waals surface area contributed by atoms with E-state index < -0.39 is 11.7 Å². The quantitative estimate of drug-likeness (QED) is 0.695. The largest absolute Gasteiger partial charge is 0.298 e. The number of hydrogen-bond acceptors (Lipinski definition) is 4. The van der Waals surface area contributed by atoms with E-state index in [2.05, 4.69) is 10.3 Å². The molecule has 1 N–H and O–H groups in total. The third-order valence-corrected chi connectivity index (χ3v) is 3.17. The number of halogens is 1. The zero-order valence-corrected chi connectivity index (χ0v) is 11.4. The summed E-state index contributed by atoms with van der Waals surface area (Å²) < 4.78 is 13.3. The van der Waals surface area contributed by atoms with E-state index >= 15 is 0 Å². The van der Waals surface area contributed by atoms with Crippen LogP contribution in [0.1, 0.15) is 23.0 Å². The van der Waals surface area contributed by atoms with Crippen molar-refractivity contribution in [2.24, 2.45) is 0 Å². The standard InChI is InChI=1S/C14H11FN2O2S/c1-9(18)12-8-20-14(16-12)17-13(19)7-6-10-4-2-3-5-11(10)15/h2-8H,1H3,(H,16,17,19)/b7-6+. The van der Waals surface area contributed by atoms with Gasteiger partial charge < -0.3 is 0 Å². The second kappa shape index (κ2) is 6.21.